The molecule has 0 radical (unpaired) electrons. The van der Waals surface area contributed by atoms with Crippen LogP contribution in [-0.2, 0) is 16.6 Å². The third-order valence-electron chi connectivity index (χ3n) is 2.98. The van der Waals surface area contributed by atoms with Crippen molar-refractivity contribution < 1.29 is 14.3 Å². The number of imidazole rings is 1. The molecular weight excluding hydrogens is 244 g/mol. The van der Waals surface area contributed by atoms with E-state index in [1.807, 2.05) is 24.3 Å². The van der Waals surface area contributed by atoms with E-state index in [9.17, 15) is 9.59 Å². The number of Topliss-reactive ketones (excluding diaryl/α,β-unsaturated/α-hetero) is 2. The third kappa shape index (κ3) is 2.88. The van der Waals surface area contributed by atoms with Crippen molar-refractivity contribution in [1.29, 1.82) is 0 Å². The Morgan fingerprint density at radius 3 is 2.74 bits per heavy atom. The lowest BCUT2D eigenvalue weighted by atomic mass is 10.1. The Labute approximate surface area is 111 Å². The SMILES string of the molecule is COCCC(=O)CC(=O)c1nc2ccccc2n1C. The van der Waals surface area contributed by atoms with Gasteiger partial charge in [-0.1, -0.05) is 12.1 Å². The lowest BCUT2D eigenvalue weighted by molar-refractivity contribution is -0.119. The molecular formula is C14H16N2O3. The van der Waals surface area contributed by atoms with E-state index in [-0.39, 0.29) is 24.4 Å². The second-order valence-corrected chi connectivity index (χ2v) is 4.36. The van der Waals surface area contributed by atoms with E-state index in [2.05, 4.69) is 4.98 Å². The Bertz CT molecular complexity index is 616. The van der Waals surface area contributed by atoms with Gasteiger partial charge in [-0.15, -0.1) is 0 Å². The summed E-state index contributed by atoms with van der Waals surface area (Å²) in [5.74, 6) is -0.0503. The summed E-state index contributed by atoms with van der Waals surface area (Å²) < 4.78 is 6.54. The van der Waals surface area contributed by atoms with E-state index in [1.54, 1.807) is 11.6 Å². The zero-order valence-corrected chi connectivity index (χ0v) is 11.0. The molecule has 0 aliphatic rings. The van der Waals surface area contributed by atoms with Crippen LogP contribution in [0.3, 0.4) is 0 Å². The minimum absolute atomic E-state index is 0.124. The number of fused-ring (bicyclic) bond motifs is 1. The topological polar surface area (TPSA) is 61.2 Å². The number of aryl methyl sites for hydroxylation is 1. The van der Waals surface area contributed by atoms with Gasteiger partial charge in [0.1, 0.15) is 5.78 Å². The minimum Gasteiger partial charge on any atom is -0.384 e. The zero-order valence-electron chi connectivity index (χ0n) is 11.0. The van der Waals surface area contributed by atoms with Gasteiger partial charge in [0.05, 0.1) is 24.1 Å². The molecule has 1 aromatic carbocycles. The van der Waals surface area contributed by atoms with E-state index >= 15 is 0 Å². The number of ether oxygens (including phenoxy) is 1. The summed E-state index contributed by atoms with van der Waals surface area (Å²) in [4.78, 5) is 27.9. The number of nitrogens with zero attached hydrogens (tertiary/aromatic N) is 2. The molecule has 5 nitrogen and oxygen atoms in total. The summed E-state index contributed by atoms with van der Waals surface area (Å²) in [5, 5.41) is 0. The highest BCUT2D eigenvalue weighted by molar-refractivity contribution is 6.07. The average Bonchev–Trinajstić information content (AvgIpc) is 2.74. The van der Waals surface area contributed by atoms with Crippen molar-refractivity contribution in [3.05, 3.63) is 30.1 Å². The summed E-state index contributed by atoms with van der Waals surface area (Å²) in [5.41, 5.74) is 1.65. The van der Waals surface area contributed by atoms with Crippen molar-refractivity contribution in [3.63, 3.8) is 0 Å². The van der Waals surface area contributed by atoms with Crippen molar-refractivity contribution >= 4 is 22.6 Å². The minimum atomic E-state index is -0.250. The van der Waals surface area contributed by atoms with Gasteiger partial charge in [0, 0.05) is 20.6 Å². The highest BCUT2D eigenvalue weighted by Gasteiger charge is 2.17. The standard InChI is InChI=1S/C14H16N2O3/c1-16-12-6-4-3-5-11(12)15-14(16)13(18)9-10(17)7-8-19-2/h3-6H,7-9H2,1-2H3. The lowest BCUT2D eigenvalue weighted by Crippen LogP contribution is -2.14. The van der Waals surface area contributed by atoms with Gasteiger partial charge in [0.25, 0.3) is 0 Å². The van der Waals surface area contributed by atoms with Gasteiger partial charge in [-0.05, 0) is 12.1 Å². The predicted molar refractivity (Wildman–Crippen MR) is 71.2 cm³/mol. The van der Waals surface area contributed by atoms with E-state index < -0.39 is 0 Å². The summed E-state index contributed by atoms with van der Waals surface area (Å²) in [7, 11) is 3.31. The first-order chi connectivity index (χ1) is 9.13. The van der Waals surface area contributed by atoms with Gasteiger partial charge in [-0.3, -0.25) is 9.59 Å². The molecule has 0 bridgehead atoms. The Hall–Kier alpha value is -2.01. The normalized spacial score (nSPS) is 10.8. The van der Waals surface area contributed by atoms with Gasteiger partial charge >= 0.3 is 0 Å². The van der Waals surface area contributed by atoms with E-state index in [1.165, 1.54) is 7.11 Å². The number of carbonyl (C=O) groups is 2. The molecule has 0 amide bonds. The van der Waals surface area contributed by atoms with Gasteiger partial charge in [-0.2, -0.15) is 0 Å². The second-order valence-electron chi connectivity index (χ2n) is 4.36. The molecule has 2 aromatic rings. The Kier molecular flexibility index (Phi) is 4.06. The third-order valence-corrected chi connectivity index (χ3v) is 2.98. The first-order valence-electron chi connectivity index (χ1n) is 6.08. The van der Waals surface area contributed by atoms with Gasteiger partial charge < -0.3 is 9.30 Å². The number of benzene rings is 1. The number of para-hydroxylation sites is 2. The fourth-order valence-electron chi connectivity index (χ4n) is 1.96. The van der Waals surface area contributed by atoms with Gasteiger partial charge in [0.2, 0.25) is 5.78 Å². The molecule has 0 saturated carbocycles. The maximum atomic E-state index is 12.1. The molecule has 2 rings (SSSR count). The number of hydrogen-bond acceptors (Lipinski definition) is 4. The van der Waals surface area contributed by atoms with Crippen LogP contribution in [0, 0.1) is 0 Å². The Balaban J connectivity index is 2.17. The summed E-state index contributed by atoms with van der Waals surface area (Å²) in [6, 6.07) is 7.50. The summed E-state index contributed by atoms with van der Waals surface area (Å²) in [6.07, 6.45) is 0.132. The molecule has 0 fully saturated rings. The van der Waals surface area contributed by atoms with Gasteiger partial charge in [-0.25, -0.2) is 4.98 Å². The monoisotopic (exact) mass is 260 g/mol. The lowest BCUT2D eigenvalue weighted by Gasteiger charge is -2.01. The van der Waals surface area contributed by atoms with E-state index in [0.29, 0.717) is 12.4 Å². The van der Waals surface area contributed by atoms with Crippen molar-refractivity contribution in [3.8, 4) is 0 Å². The predicted octanol–water partition coefficient (Wildman–Crippen LogP) is 1.75. The highest BCUT2D eigenvalue weighted by Crippen LogP contribution is 2.15. The largest absolute Gasteiger partial charge is 0.384 e. The molecule has 0 unspecified atom stereocenters. The van der Waals surface area contributed by atoms with Crippen LogP contribution in [0.1, 0.15) is 23.5 Å². The number of carbonyl (C=O) groups excluding carboxylic acids is 2. The van der Waals surface area contributed by atoms with Crippen LogP contribution in [0.4, 0.5) is 0 Å². The second kappa shape index (κ2) is 5.75. The fourth-order valence-corrected chi connectivity index (χ4v) is 1.96. The maximum absolute atomic E-state index is 12.1. The molecule has 0 aliphatic heterocycles. The van der Waals surface area contributed by atoms with Crippen LogP contribution < -0.4 is 0 Å². The molecule has 0 saturated heterocycles. The average molecular weight is 260 g/mol. The molecule has 0 aliphatic carbocycles. The van der Waals surface area contributed by atoms with Crippen molar-refractivity contribution in [1.82, 2.24) is 9.55 Å². The Morgan fingerprint density at radius 2 is 2.05 bits per heavy atom. The number of methoxy groups -OCH3 is 1. The van der Waals surface area contributed by atoms with Crippen molar-refractivity contribution in [2.45, 2.75) is 12.8 Å². The molecule has 1 aromatic heterocycles. The molecule has 0 spiro atoms. The number of rotatable bonds is 6. The molecule has 0 N–H and O–H groups in total. The zero-order chi connectivity index (χ0) is 13.8. The van der Waals surface area contributed by atoms with Crippen molar-refractivity contribution in [2.24, 2.45) is 7.05 Å². The van der Waals surface area contributed by atoms with Crippen LogP contribution in [0.2, 0.25) is 0 Å². The number of aromatic nitrogens is 2. The maximum Gasteiger partial charge on any atom is 0.205 e. The molecule has 5 heteroatoms. The Morgan fingerprint density at radius 1 is 1.32 bits per heavy atom. The van der Waals surface area contributed by atoms with Crippen LogP contribution in [0.15, 0.2) is 24.3 Å². The van der Waals surface area contributed by atoms with Gasteiger partial charge in [0.15, 0.2) is 5.82 Å². The van der Waals surface area contributed by atoms with Crippen LogP contribution in [-0.4, -0.2) is 34.8 Å². The van der Waals surface area contributed by atoms with Crippen LogP contribution >= 0.6 is 0 Å². The quantitative estimate of drug-likeness (QED) is 0.586. The van der Waals surface area contributed by atoms with Crippen LogP contribution in [0.25, 0.3) is 11.0 Å². The smallest absolute Gasteiger partial charge is 0.205 e. The first kappa shape index (κ1) is 13.4. The summed E-state index contributed by atoms with van der Waals surface area (Å²) in [6.45, 7) is 0.342. The molecule has 19 heavy (non-hydrogen) atoms. The van der Waals surface area contributed by atoms with Crippen molar-refractivity contribution in [2.75, 3.05) is 13.7 Å². The number of hydrogen-bond donors (Lipinski definition) is 0. The molecule has 1 heterocycles. The highest BCUT2D eigenvalue weighted by atomic mass is 16.5. The number of ketones is 2. The fraction of sp³-hybridized carbons (Fsp3) is 0.357. The van der Waals surface area contributed by atoms with E-state index in [0.717, 1.165) is 11.0 Å². The van der Waals surface area contributed by atoms with Crippen LogP contribution in [0.5, 0.6) is 0 Å². The molecule has 0 atom stereocenters. The van der Waals surface area contributed by atoms with E-state index in [4.69, 9.17) is 4.74 Å². The summed E-state index contributed by atoms with van der Waals surface area (Å²) >= 11 is 0. The first-order valence-corrected chi connectivity index (χ1v) is 6.08. The molecule has 100 valence electrons.